The number of dihydropyridines is 1. The first-order valence-electron chi connectivity index (χ1n) is 6.26. The van der Waals surface area contributed by atoms with E-state index in [1.54, 1.807) is 0 Å². The molecule has 0 bridgehead atoms. The molecule has 3 rings (SSSR count). The number of hydrogen-bond acceptors (Lipinski definition) is 4. The van der Waals surface area contributed by atoms with Gasteiger partial charge in [-0.25, -0.2) is 0 Å². The van der Waals surface area contributed by atoms with Gasteiger partial charge in [-0.15, -0.1) is 23.5 Å². The molecule has 0 aromatic rings. The highest BCUT2D eigenvalue weighted by Gasteiger charge is 2.45. The third kappa shape index (κ3) is 2.24. The van der Waals surface area contributed by atoms with E-state index in [0.717, 1.165) is 41.9 Å². The van der Waals surface area contributed by atoms with Gasteiger partial charge in [0.05, 0.1) is 4.08 Å². The predicted molar refractivity (Wildman–Crippen MR) is 80.1 cm³/mol. The first-order chi connectivity index (χ1) is 8.75. The summed E-state index contributed by atoms with van der Waals surface area (Å²) >= 11 is 3.85. The minimum atomic E-state index is -0.345. The van der Waals surface area contributed by atoms with Crippen molar-refractivity contribution >= 4 is 33.0 Å². The Hall–Kier alpha value is 0.300. The average Bonchev–Trinajstić information content (AvgIpc) is 2.39. The van der Waals surface area contributed by atoms with Crippen LogP contribution in [0.1, 0.15) is 25.7 Å². The van der Waals surface area contributed by atoms with E-state index in [2.05, 4.69) is 14.8 Å². The molecule has 2 aliphatic heterocycles. The molecule has 18 heavy (non-hydrogen) atoms. The van der Waals surface area contributed by atoms with E-state index in [1.165, 1.54) is 6.42 Å². The van der Waals surface area contributed by atoms with Crippen LogP contribution >= 0.6 is 33.0 Å². The Morgan fingerprint density at radius 3 is 2.89 bits per heavy atom. The summed E-state index contributed by atoms with van der Waals surface area (Å²) in [7, 11) is 2.20. The lowest BCUT2D eigenvalue weighted by molar-refractivity contribution is 0.239. The molecular weight excluding hydrogens is 288 g/mol. The van der Waals surface area contributed by atoms with Crippen LogP contribution in [-0.4, -0.2) is 21.8 Å². The summed E-state index contributed by atoms with van der Waals surface area (Å²) in [6.07, 6.45) is 6.11. The van der Waals surface area contributed by atoms with Crippen LogP contribution in [0.25, 0.3) is 0 Å². The van der Waals surface area contributed by atoms with Crippen molar-refractivity contribution in [2.24, 2.45) is 0 Å². The van der Waals surface area contributed by atoms with Crippen molar-refractivity contribution in [3.05, 3.63) is 23.2 Å². The van der Waals surface area contributed by atoms with Gasteiger partial charge in [0.25, 0.3) is 0 Å². The van der Waals surface area contributed by atoms with E-state index >= 15 is 0 Å². The Balaban J connectivity index is 1.97. The second-order valence-electron chi connectivity index (χ2n) is 4.74. The lowest BCUT2D eigenvalue weighted by atomic mass is 9.87. The number of allylic oxidation sites excluding steroid dienone is 1. The van der Waals surface area contributed by atoms with E-state index in [1.807, 2.05) is 29.6 Å². The Morgan fingerprint density at radius 2 is 2.17 bits per heavy atom. The number of fused-ring (bicyclic) bond motifs is 2. The van der Waals surface area contributed by atoms with Gasteiger partial charge in [-0.2, -0.15) is 4.39 Å². The molecule has 0 aromatic heterocycles. The highest BCUT2D eigenvalue weighted by molar-refractivity contribution is 8.19. The van der Waals surface area contributed by atoms with Crippen molar-refractivity contribution < 1.29 is 8.91 Å². The summed E-state index contributed by atoms with van der Waals surface area (Å²) < 4.78 is 19.5. The monoisotopic (exact) mass is 305 g/mol. The van der Waals surface area contributed by atoms with Gasteiger partial charge in [-0.3, -0.25) is 0 Å². The molecule has 2 unspecified atom stereocenters. The van der Waals surface area contributed by atoms with Crippen molar-refractivity contribution in [3.63, 3.8) is 0 Å². The summed E-state index contributed by atoms with van der Waals surface area (Å²) in [5.41, 5.74) is 2.05. The average molecular weight is 305 g/mol. The normalized spacial score (nSPS) is 30.8. The van der Waals surface area contributed by atoms with Crippen molar-refractivity contribution in [1.82, 2.24) is 5.32 Å². The van der Waals surface area contributed by atoms with Gasteiger partial charge in [-0.05, 0) is 48.8 Å². The highest BCUT2D eigenvalue weighted by Crippen LogP contribution is 2.57. The molecule has 0 aromatic carbocycles. The van der Waals surface area contributed by atoms with E-state index in [-0.39, 0.29) is 16.3 Å². The number of thioether (sulfide) groups is 2. The standard InChI is InChI=1S/C12H17FNOPS2/c13-11-10-8(7-9(14-11)15-16)3-1-4-12(10)17-5-2-6-18-12/h7,9,14H,1-6,16H2. The lowest BCUT2D eigenvalue weighted by Gasteiger charge is -2.44. The summed E-state index contributed by atoms with van der Waals surface area (Å²) in [6, 6.07) is 0. The molecule has 1 N–H and O–H groups in total. The molecule has 2 nitrogen and oxygen atoms in total. The van der Waals surface area contributed by atoms with Crippen LogP contribution in [0, 0.1) is 0 Å². The molecule has 2 heterocycles. The summed E-state index contributed by atoms with van der Waals surface area (Å²) in [4.78, 5) is 0. The largest absolute Gasteiger partial charge is 0.339 e. The zero-order chi connectivity index (χ0) is 12.6. The number of halogens is 1. The number of rotatable bonds is 1. The van der Waals surface area contributed by atoms with Gasteiger partial charge in [0.15, 0.2) is 12.2 Å². The van der Waals surface area contributed by atoms with E-state index in [0.29, 0.717) is 0 Å². The molecule has 100 valence electrons. The van der Waals surface area contributed by atoms with Crippen LogP contribution in [-0.2, 0) is 4.52 Å². The zero-order valence-corrected chi connectivity index (χ0v) is 12.9. The fraction of sp³-hybridized carbons (Fsp3) is 0.667. The fourth-order valence-electron chi connectivity index (χ4n) is 2.84. The Labute approximate surface area is 118 Å². The Bertz CT molecular complexity index is 401. The van der Waals surface area contributed by atoms with Crippen LogP contribution in [0.2, 0.25) is 0 Å². The molecule has 3 aliphatic rings. The second kappa shape index (κ2) is 5.35. The lowest BCUT2D eigenvalue weighted by Crippen LogP contribution is -2.39. The molecule has 1 aliphatic carbocycles. The summed E-state index contributed by atoms with van der Waals surface area (Å²) in [5.74, 6) is 2.10. The van der Waals surface area contributed by atoms with Crippen LogP contribution in [0.3, 0.4) is 0 Å². The van der Waals surface area contributed by atoms with Crippen molar-refractivity contribution in [1.29, 1.82) is 0 Å². The quantitative estimate of drug-likeness (QED) is 0.590. The van der Waals surface area contributed by atoms with Crippen LogP contribution < -0.4 is 5.32 Å². The molecule has 1 spiro atoms. The molecular formula is C12H17FNOPS2. The third-order valence-electron chi connectivity index (χ3n) is 3.60. The molecule has 2 atom stereocenters. The van der Waals surface area contributed by atoms with Crippen LogP contribution in [0.4, 0.5) is 4.39 Å². The van der Waals surface area contributed by atoms with Gasteiger partial charge in [0.2, 0.25) is 0 Å². The van der Waals surface area contributed by atoms with Gasteiger partial charge in [-0.1, -0.05) is 0 Å². The van der Waals surface area contributed by atoms with Gasteiger partial charge in [0, 0.05) is 15.0 Å². The molecule has 0 amide bonds. The van der Waals surface area contributed by atoms with Crippen LogP contribution in [0.5, 0.6) is 0 Å². The highest BCUT2D eigenvalue weighted by atomic mass is 32.2. The number of nitrogens with one attached hydrogen (secondary N) is 1. The van der Waals surface area contributed by atoms with Crippen molar-refractivity contribution in [2.75, 3.05) is 11.5 Å². The molecule has 0 radical (unpaired) electrons. The minimum absolute atomic E-state index is 0.0503. The maximum Gasteiger partial charge on any atom is 0.195 e. The maximum absolute atomic E-state index is 14.4. The number of hydrogen-bond donors (Lipinski definition) is 1. The first-order valence-corrected chi connectivity index (χ1v) is 8.71. The second-order valence-corrected chi connectivity index (χ2v) is 8.06. The SMILES string of the molecule is FC1=C2C(=CC(OP)N1)CCCC21SCCCS1. The minimum Gasteiger partial charge on any atom is -0.339 e. The molecule has 2 fully saturated rings. The van der Waals surface area contributed by atoms with E-state index in [4.69, 9.17) is 4.52 Å². The maximum atomic E-state index is 14.4. The smallest absolute Gasteiger partial charge is 0.195 e. The first kappa shape index (κ1) is 13.3. The Morgan fingerprint density at radius 1 is 1.39 bits per heavy atom. The van der Waals surface area contributed by atoms with Crippen molar-refractivity contribution in [2.45, 2.75) is 36.0 Å². The van der Waals surface area contributed by atoms with Gasteiger partial charge in [0.1, 0.15) is 0 Å². The van der Waals surface area contributed by atoms with Gasteiger partial charge >= 0.3 is 0 Å². The Kier molecular flexibility index (Phi) is 3.95. The van der Waals surface area contributed by atoms with Gasteiger partial charge < -0.3 is 9.84 Å². The summed E-state index contributed by atoms with van der Waals surface area (Å²) in [6.45, 7) is 0. The van der Waals surface area contributed by atoms with Crippen LogP contribution in [0.15, 0.2) is 23.2 Å². The third-order valence-corrected chi connectivity index (χ3v) is 7.34. The topological polar surface area (TPSA) is 21.3 Å². The zero-order valence-electron chi connectivity index (χ0n) is 10.1. The van der Waals surface area contributed by atoms with E-state index < -0.39 is 0 Å². The molecule has 1 saturated heterocycles. The fourth-order valence-corrected chi connectivity index (χ4v) is 6.55. The predicted octanol–water partition coefficient (Wildman–Crippen LogP) is 3.58. The molecule has 1 saturated carbocycles. The van der Waals surface area contributed by atoms with E-state index in [9.17, 15) is 4.39 Å². The van der Waals surface area contributed by atoms with Crippen molar-refractivity contribution in [3.8, 4) is 0 Å². The summed E-state index contributed by atoms with van der Waals surface area (Å²) in [5, 5.41) is 2.80. The molecule has 6 heteroatoms.